The maximum Gasteiger partial charge on any atom is 0.253 e. The van der Waals surface area contributed by atoms with Crippen molar-refractivity contribution in [3.05, 3.63) is 84.4 Å². The summed E-state index contributed by atoms with van der Waals surface area (Å²) in [5.41, 5.74) is 29.0. The van der Waals surface area contributed by atoms with E-state index in [4.69, 9.17) is 28.7 Å². The van der Waals surface area contributed by atoms with E-state index in [1.165, 1.54) is 6.08 Å². The number of aldehydes is 1. The topological polar surface area (TPSA) is 284 Å². The van der Waals surface area contributed by atoms with Crippen LogP contribution in [0.2, 0.25) is 0 Å². The second kappa shape index (κ2) is 26.1. The first-order valence-corrected chi connectivity index (χ1v) is 21.4. The molecule has 0 unspecified atom stereocenters. The van der Waals surface area contributed by atoms with Crippen LogP contribution in [0.25, 0.3) is 0 Å². The van der Waals surface area contributed by atoms with Gasteiger partial charge in [0.05, 0.1) is 18.1 Å². The molecule has 4 amide bonds. The second-order valence-electron chi connectivity index (χ2n) is 15.9. The molecule has 0 spiro atoms. The van der Waals surface area contributed by atoms with Gasteiger partial charge in [0.15, 0.2) is 23.6 Å². The first-order chi connectivity index (χ1) is 29.3. The smallest absolute Gasteiger partial charge is 0.253 e. The van der Waals surface area contributed by atoms with Crippen LogP contribution in [0, 0.1) is 5.92 Å². The number of aliphatic imine (C=N–C) groups is 1. The van der Waals surface area contributed by atoms with Crippen LogP contribution in [0.5, 0.6) is 0 Å². The first-order valence-electron chi connectivity index (χ1n) is 21.4. The van der Waals surface area contributed by atoms with Crippen molar-refractivity contribution in [2.75, 3.05) is 20.1 Å². The van der Waals surface area contributed by atoms with Gasteiger partial charge in [-0.3, -0.25) is 33.9 Å². The highest BCUT2D eigenvalue weighted by Crippen LogP contribution is 2.30. The molecule has 2 aromatic rings. The average molecular weight is 845 g/mol. The predicted molar refractivity (Wildman–Crippen MR) is 237 cm³/mol. The summed E-state index contributed by atoms with van der Waals surface area (Å²) in [7, 11) is 1.65. The number of likely N-dealkylation sites (N-methyl/N-ethyl adjacent to an activating group) is 1. The fourth-order valence-electron chi connectivity index (χ4n) is 7.92. The van der Waals surface area contributed by atoms with Crippen molar-refractivity contribution in [1.29, 1.82) is 0 Å². The number of carbonyl (C=O) groups is 6. The van der Waals surface area contributed by atoms with E-state index in [2.05, 4.69) is 27.5 Å². The largest absolute Gasteiger partial charge is 0.370 e. The normalized spacial score (nSPS) is 16.3. The van der Waals surface area contributed by atoms with Gasteiger partial charge in [0.1, 0.15) is 12.1 Å². The Bertz CT molecular complexity index is 1750. The summed E-state index contributed by atoms with van der Waals surface area (Å²) in [6, 6.07) is 12.2. The van der Waals surface area contributed by atoms with Gasteiger partial charge in [0.2, 0.25) is 17.7 Å². The number of guanidine groups is 1. The van der Waals surface area contributed by atoms with Crippen molar-refractivity contribution in [3.63, 3.8) is 0 Å². The molecular formula is C45H68N10O6. The lowest BCUT2D eigenvalue weighted by Gasteiger charge is -2.42. The van der Waals surface area contributed by atoms with Gasteiger partial charge in [0, 0.05) is 13.0 Å². The highest BCUT2D eigenvalue weighted by Gasteiger charge is 2.53. The van der Waals surface area contributed by atoms with E-state index in [1.54, 1.807) is 37.4 Å². The predicted octanol–water partition coefficient (Wildman–Crippen LogP) is 1.28. The molecule has 1 fully saturated rings. The number of rotatable bonds is 27. The molecule has 0 radical (unpaired) electrons. The van der Waals surface area contributed by atoms with Crippen LogP contribution in [-0.2, 0) is 41.6 Å². The standard InChI is InChI=1S/C45H68N10O6/c1-3-16-34(47)39(57)45(30-56,24-15-26-52-44(49)50)55(42(60)35(48)27-31-17-7-4-8-18-31)43(61)38(29-33-21-11-6-12-22-33)54-40(58)36(23-13-14-25-46)53-41(59)37(51-2)28-32-19-9-5-10-20-32/h3,5-6,9-12,19-22,30-31,34-38,51H,1,4,7-8,13-18,23-29,46-48H2,2H3,(H,53,59)(H,54,58)(H4,49,50,52)/t34-,35+,36-,37-,38-,45-/m0/s1. The van der Waals surface area contributed by atoms with Gasteiger partial charge in [-0.2, -0.15) is 0 Å². The van der Waals surface area contributed by atoms with Crippen molar-refractivity contribution >= 4 is 41.7 Å². The number of nitrogens with two attached hydrogens (primary N) is 5. The van der Waals surface area contributed by atoms with Crippen molar-refractivity contribution < 1.29 is 28.8 Å². The molecule has 16 nitrogen and oxygen atoms in total. The molecule has 16 heteroatoms. The zero-order valence-corrected chi connectivity index (χ0v) is 35.6. The van der Waals surface area contributed by atoms with E-state index in [0.29, 0.717) is 36.3 Å². The lowest BCUT2D eigenvalue weighted by Crippen LogP contribution is -2.69. The van der Waals surface area contributed by atoms with E-state index in [1.807, 2.05) is 30.3 Å². The molecule has 61 heavy (non-hydrogen) atoms. The fourth-order valence-corrected chi connectivity index (χ4v) is 7.92. The lowest BCUT2D eigenvalue weighted by molar-refractivity contribution is -0.163. The third kappa shape index (κ3) is 15.3. The molecule has 334 valence electrons. The fraction of sp³-hybridized carbons (Fsp3) is 0.533. The minimum atomic E-state index is -2.47. The quantitative estimate of drug-likeness (QED) is 0.0158. The van der Waals surface area contributed by atoms with Crippen LogP contribution in [0.4, 0.5) is 0 Å². The van der Waals surface area contributed by atoms with Gasteiger partial charge >= 0.3 is 0 Å². The van der Waals surface area contributed by atoms with Gasteiger partial charge in [-0.1, -0.05) is 98.8 Å². The van der Waals surface area contributed by atoms with Crippen LogP contribution in [0.3, 0.4) is 0 Å². The lowest BCUT2D eigenvalue weighted by atomic mass is 9.81. The number of imide groups is 1. The van der Waals surface area contributed by atoms with E-state index < -0.39 is 65.2 Å². The maximum absolute atomic E-state index is 15.4. The van der Waals surface area contributed by atoms with Crippen molar-refractivity contribution in [3.8, 4) is 0 Å². The summed E-state index contributed by atoms with van der Waals surface area (Å²) in [4.78, 5) is 91.4. The van der Waals surface area contributed by atoms with Crippen LogP contribution < -0.4 is 44.6 Å². The second-order valence-corrected chi connectivity index (χ2v) is 15.9. The molecule has 0 bridgehead atoms. The Kier molecular flexibility index (Phi) is 21.5. The molecule has 6 atom stereocenters. The van der Waals surface area contributed by atoms with E-state index in [9.17, 15) is 24.0 Å². The number of hydrogen-bond acceptors (Lipinski definition) is 11. The van der Waals surface area contributed by atoms with Crippen LogP contribution in [0.1, 0.15) is 88.2 Å². The summed E-state index contributed by atoms with van der Waals surface area (Å²) >= 11 is 0. The van der Waals surface area contributed by atoms with E-state index >= 15 is 4.79 Å². The third-order valence-electron chi connectivity index (χ3n) is 11.3. The number of unbranched alkanes of at least 4 members (excludes halogenated alkanes) is 1. The van der Waals surface area contributed by atoms with Gasteiger partial charge in [-0.15, -0.1) is 6.58 Å². The number of Topliss-reactive ketones (excluding diaryl/α,β-unsaturated/α-hetero) is 1. The van der Waals surface area contributed by atoms with Gasteiger partial charge in [-0.05, 0) is 82.0 Å². The maximum atomic E-state index is 15.4. The Morgan fingerprint density at radius 1 is 0.820 bits per heavy atom. The first kappa shape index (κ1) is 50.1. The zero-order valence-electron chi connectivity index (χ0n) is 35.6. The number of nitrogens with zero attached hydrogens (tertiary/aromatic N) is 2. The minimum Gasteiger partial charge on any atom is -0.370 e. The molecule has 0 aromatic heterocycles. The molecular weight excluding hydrogens is 777 g/mol. The molecule has 1 aliphatic rings. The molecule has 3 rings (SSSR count). The monoisotopic (exact) mass is 845 g/mol. The molecule has 0 aliphatic heterocycles. The minimum absolute atomic E-state index is 0.0152. The number of nitrogens with one attached hydrogen (secondary N) is 3. The number of hydrogen-bond donors (Lipinski definition) is 8. The van der Waals surface area contributed by atoms with Crippen molar-refractivity contribution in [2.45, 2.75) is 126 Å². The zero-order chi connectivity index (χ0) is 44.8. The number of amides is 4. The molecule has 2 aromatic carbocycles. The Hall–Kier alpha value is -5.29. The summed E-state index contributed by atoms with van der Waals surface area (Å²) in [6.45, 7) is 3.99. The molecule has 1 aliphatic carbocycles. The average Bonchev–Trinajstić information content (AvgIpc) is 3.26. The summed E-state index contributed by atoms with van der Waals surface area (Å²) < 4.78 is 0. The Morgan fingerprint density at radius 2 is 1.39 bits per heavy atom. The van der Waals surface area contributed by atoms with Crippen molar-refractivity contribution in [1.82, 2.24) is 20.9 Å². The van der Waals surface area contributed by atoms with Crippen molar-refractivity contribution in [2.24, 2.45) is 39.6 Å². The van der Waals surface area contributed by atoms with Crippen LogP contribution in [-0.4, -0.2) is 102 Å². The highest BCUT2D eigenvalue weighted by atomic mass is 16.2. The summed E-state index contributed by atoms with van der Waals surface area (Å²) in [5.74, 6) is -4.22. The van der Waals surface area contributed by atoms with Gasteiger partial charge in [0.25, 0.3) is 5.91 Å². The number of benzene rings is 2. The Morgan fingerprint density at radius 3 is 1.93 bits per heavy atom. The Labute approximate surface area is 360 Å². The summed E-state index contributed by atoms with van der Waals surface area (Å²) in [6.07, 6.45) is 7.42. The SMILES string of the molecule is C=CC[C@H](N)C(=O)[C@@](C=O)(CCCN=C(N)N)N(C(=O)[C@H](N)CC1CCCCC1)C(=O)[C@H](Cc1ccccc1)NC(=O)[C@H](CCCCN)NC(=O)[C@H](Cc1ccccc1)NC. The molecule has 0 saturated heterocycles. The molecule has 0 heterocycles. The third-order valence-corrected chi connectivity index (χ3v) is 11.3. The van der Waals surface area contributed by atoms with Gasteiger partial charge in [-0.25, -0.2) is 0 Å². The van der Waals surface area contributed by atoms with E-state index in [-0.39, 0.29) is 63.2 Å². The molecule has 1 saturated carbocycles. The number of carbonyl (C=O) groups excluding carboxylic acids is 6. The van der Waals surface area contributed by atoms with Crippen LogP contribution in [0.15, 0.2) is 78.3 Å². The molecule has 13 N–H and O–H groups in total. The summed E-state index contributed by atoms with van der Waals surface area (Å²) in [5, 5.41) is 8.70. The van der Waals surface area contributed by atoms with Gasteiger partial charge < -0.3 is 49.4 Å². The van der Waals surface area contributed by atoms with E-state index in [0.717, 1.165) is 37.7 Å². The van der Waals surface area contributed by atoms with Crippen LogP contribution >= 0.6 is 0 Å². The highest BCUT2D eigenvalue weighted by molar-refractivity contribution is 6.15. The number of ketones is 1. The Balaban J connectivity index is 2.16.